The first-order chi connectivity index (χ1) is 12.0. The zero-order chi connectivity index (χ0) is 17.8. The standard InChI is InChI=1S/C18H22N4O2S/c1-13-20-15(12-25-13)11-21(2)18(24)19-10-17(23)22-9-5-7-14-6-3-4-8-16(14)22/h3-4,6,8,12H,5,7,9-11H2,1-2H3,(H,19,24). The van der Waals surface area contributed by atoms with Gasteiger partial charge >= 0.3 is 6.03 Å². The number of nitrogens with one attached hydrogen (secondary N) is 1. The monoisotopic (exact) mass is 358 g/mol. The molecule has 7 heteroatoms. The van der Waals surface area contributed by atoms with Gasteiger partial charge in [0.15, 0.2) is 0 Å². The van der Waals surface area contributed by atoms with Crippen molar-refractivity contribution >= 4 is 29.0 Å². The molecule has 1 N–H and O–H groups in total. The number of hydrogen-bond donors (Lipinski definition) is 1. The number of amides is 3. The summed E-state index contributed by atoms with van der Waals surface area (Å²) in [7, 11) is 1.70. The lowest BCUT2D eigenvalue weighted by molar-refractivity contribution is -0.117. The van der Waals surface area contributed by atoms with Gasteiger partial charge in [-0.25, -0.2) is 9.78 Å². The van der Waals surface area contributed by atoms with E-state index in [4.69, 9.17) is 0 Å². The molecule has 25 heavy (non-hydrogen) atoms. The molecular weight excluding hydrogens is 336 g/mol. The average molecular weight is 358 g/mol. The molecule has 1 aliphatic heterocycles. The molecule has 0 bridgehead atoms. The van der Waals surface area contributed by atoms with Crippen molar-refractivity contribution in [3.8, 4) is 0 Å². The smallest absolute Gasteiger partial charge is 0.317 e. The van der Waals surface area contributed by atoms with Gasteiger partial charge in [0.05, 0.1) is 23.8 Å². The molecule has 0 unspecified atom stereocenters. The molecule has 3 rings (SSSR count). The predicted octanol–water partition coefficient (Wildman–Crippen LogP) is 2.57. The van der Waals surface area contributed by atoms with Crippen molar-refractivity contribution in [2.75, 3.05) is 25.0 Å². The summed E-state index contributed by atoms with van der Waals surface area (Å²) in [4.78, 5) is 32.4. The number of carbonyl (C=O) groups is 2. The molecule has 0 atom stereocenters. The Morgan fingerprint density at radius 1 is 1.36 bits per heavy atom. The van der Waals surface area contributed by atoms with E-state index in [0.29, 0.717) is 13.1 Å². The SMILES string of the molecule is Cc1nc(CN(C)C(=O)NCC(=O)N2CCCc3ccccc32)cs1. The van der Waals surface area contributed by atoms with Crippen molar-refractivity contribution in [3.63, 3.8) is 0 Å². The summed E-state index contributed by atoms with van der Waals surface area (Å²) in [6.45, 7) is 3.05. The van der Waals surface area contributed by atoms with Gasteiger partial charge in [0.1, 0.15) is 0 Å². The summed E-state index contributed by atoms with van der Waals surface area (Å²) in [6.07, 6.45) is 1.93. The number of fused-ring (bicyclic) bond motifs is 1. The minimum Gasteiger partial charge on any atom is -0.329 e. The summed E-state index contributed by atoms with van der Waals surface area (Å²) in [5.41, 5.74) is 3.00. The number of rotatable bonds is 4. The lowest BCUT2D eigenvalue weighted by Gasteiger charge is -2.29. The fourth-order valence-corrected chi connectivity index (χ4v) is 3.57. The molecule has 0 saturated heterocycles. The van der Waals surface area contributed by atoms with Gasteiger partial charge in [0.25, 0.3) is 0 Å². The predicted molar refractivity (Wildman–Crippen MR) is 98.8 cm³/mol. The molecule has 0 fully saturated rings. The van der Waals surface area contributed by atoms with Crippen molar-refractivity contribution in [2.24, 2.45) is 0 Å². The highest BCUT2D eigenvalue weighted by Gasteiger charge is 2.22. The lowest BCUT2D eigenvalue weighted by Crippen LogP contribution is -2.45. The molecule has 0 spiro atoms. The number of para-hydroxylation sites is 1. The Balaban J connectivity index is 1.54. The largest absolute Gasteiger partial charge is 0.329 e. The number of carbonyl (C=O) groups excluding carboxylic acids is 2. The Labute approximate surface area is 151 Å². The van der Waals surface area contributed by atoms with Crippen LogP contribution >= 0.6 is 11.3 Å². The van der Waals surface area contributed by atoms with E-state index in [-0.39, 0.29) is 18.5 Å². The molecule has 1 aromatic carbocycles. The number of hydrogen-bond acceptors (Lipinski definition) is 4. The van der Waals surface area contributed by atoms with E-state index in [2.05, 4.69) is 16.4 Å². The van der Waals surface area contributed by atoms with Crippen molar-refractivity contribution in [3.05, 3.63) is 45.9 Å². The fraction of sp³-hybridized carbons (Fsp3) is 0.389. The Hall–Kier alpha value is -2.41. The summed E-state index contributed by atoms with van der Waals surface area (Å²) < 4.78 is 0. The Bertz CT molecular complexity index is 774. The normalized spacial score (nSPS) is 13.3. The number of benzene rings is 1. The molecule has 0 aliphatic carbocycles. The van der Waals surface area contributed by atoms with Crippen LogP contribution in [0.25, 0.3) is 0 Å². The fourth-order valence-electron chi connectivity index (χ4n) is 2.97. The van der Waals surface area contributed by atoms with Crippen molar-refractivity contribution in [1.82, 2.24) is 15.2 Å². The second kappa shape index (κ2) is 7.65. The third kappa shape index (κ3) is 4.17. The highest BCUT2D eigenvalue weighted by Crippen LogP contribution is 2.26. The van der Waals surface area contributed by atoms with E-state index in [1.165, 1.54) is 10.5 Å². The number of nitrogens with zero attached hydrogens (tertiary/aromatic N) is 3. The Morgan fingerprint density at radius 2 is 2.16 bits per heavy atom. The lowest BCUT2D eigenvalue weighted by atomic mass is 10.0. The summed E-state index contributed by atoms with van der Waals surface area (Å²) >= 11 is 1.56. The molecule has 2 aromatic rings. The Kier molecular flexibility index (Phi) is 5.33. The first kappa shape index (κ1) is 17.4. The van der Waals surface area contributed by atoms with E-state index >= 15 is 0 Å². The number of urea groups is 1. The summed E-state index contributed by atoms with van der Waals surface area (Å²) in [5, 5.41) is 5.62. The highest BCUT2D eigenvalue weighted by atomic mass is 32.1. The second-order valence-electron chi connectivity index (χ2n) is 6.15. The summed E-state index contributed by atoms with van der Waals surface area (Å²) in [5.74, 6) is -0.0848. The summed E-state index contributed by atoms with van der Waals surface area (Å²) in [6, 6.07) is 7.67. The first-order valence-electron chi connectivity index (χ1n) is 8.33. The maximum atomic E-state index is 12.5. The maximum absolute atomic E-state index is 12.5. The van der Waals surface area contributed by atoms with Crippen molar-refractivity contribution < 1.29 is 9.59 Å². The third-order valence-electron chi connectivity index (χ3n) is 4.21. The molecule has 0 radical (unpaired) electrons. The van der Waals surface area contributed by atoms with Gasteiger partial charge in [-0.15, -0.1) is 11.3 Å². The van der Waals surface area contributed by atoms with Crippen LogP contribution in [0.4, 0.5) is 10.5 Å². The van der Waals surface area contributed by atoms with Gasteiger partial charge in [0.2, 0.25) is 5.91 Å². The quantitative estimate of drug-likeness (QED) is 0.913. The van der Waals surface area contributed by atoms with Gasteiger partial charge in [-0.3, -0.25) is 4.79 Å². The molecule has 0 saturated carbocycles. The molecular formula is C18H22N4O2S. The number of thiazole rings is 1. The zero-order valence-electron chi connectivity index (χ0n) is 14.5. The van der Waals surface area contributed by atoms with E-state index in [1.54, 1.807) is 23.3 Å². The molecule has 2 heterocycles. The number of anilines is 1. The van der Waals surface area contributed by atoms with E-state index in [0.717, 1.165) is 29.2 Å². The van der Waals surface area contributed by atoms with Gasteiger partial charge in [-0.1, -0.05) is 18.2 Å². The van der Waals surface area contributed by atoms with Gasteiger partial charge in [-0.2, -0.15) is 0 Å². The van der Waals surface area contributed by atoms with Crippen molar-refractivity contribution in [2.45, 2.75) is 26.3 Å². The van der Waals surface area contributed by atoms with E-state index in [1.807, 2.05) is 30.5 Å². The van der Waals surface area contributed by atoms with Crippen LogP contribution in [0.15, 0.2) is 29.6 Å². The van der Waals surface area contributed by atoms with Crippen LogP contribution < -0.4 is 10.2 Å². The number of aryl methyl sites for hydroxylation is 2. The van der Waals surface area contributed by atoms with Crippen LogP contribution in [-0.2, 0) is 17.8 Å². The van der Waals surface area contributed by atoms with E-state index < -0.39 is 0 Å². The van der Waals surface area contributed by atoms with Gasteiger partial charge < -0.3 is 15.1 Å². The minimum absolute atomic E-state index is 0.00635. The van der Waals surface area contributed by atoms with Crippen LogP contribution in [0.3, 0.4) is 0 Å². The topological polar surface area (TPSA) is 65.5 Å². The number of aromatic nitrogens is 1. The molecule has 1 aliphatic rings. The third-order valence-corrected chi connectivity index (χ3v) is 5.04. The average Bonchev–Trinajstić information content (AvgIpc) is 3.03. The van der Waals surface area contributed by atoms with Crippen LogP contribution in [0.2, 0.25) is 0 Å². The first-order valence-corrected chi connectivity index (χ1v) is 9.21. The molecule has 6 nitrogen and oxygen atoms in total. The molecule has 1 aromatic heterocycles. The van der Waals surface area contributed by atoms with Crippen LogP contribution in [-0.4, -0.2) is 42.0 Å². The second-order valence-corrected chi connectivity index (χ2v) is 7.21. The Morgan fingerprint density at radius 3 is 2.92 bits per heavy atom. The van der Waals surface area contributed by atoms with Crippen LogP contribution in [0.5, 0.6) is 0 Å². The minimum atomic E-state index is -0.274. The van der Waals surface area contributed by atoms with E-state index in [9.17, 15) is 9.59 Å². The zero-order valence-corrected chi connectivity index (χ0v) is 15.3. The van der Waals surface area contributed by atoms with Crippen LogP contribution in [0, 0.1) is 6.92 Å². The van der Waals surface area contributed by atoms with Gasteiger partial charge in [-0.05, 0) is 31.4 Å². The maximum Gasteiger partial charge on any atom is 0.317 e. The van der Waals surface area contributed by atoms with Gasteiger partial charge in [0, 0.05) is 24.7 Å². The van der Waals surface area contributed by atoms with Crippen molar-refractivity contribution in [1.29, 1.82) is 0 Å². The van der Waals surface area contributed by atoms with Crippen LogP contribution in [0.1, 0.15) is 22.7 Å². The molecule has 132 valence electrons. The molecule has 3 amide bonds. The highest BCUT2D eigenvalue weighted by molar-refractivity contribution is 7.09.